The van der Waals surface area contributed by atoms with E-state index < -0.39 is 5.63 Å². The van der Waals surface area contributed by atoms with Gasteiger partial charge in [0.05, 0.1) is 31.4 Å². The number of pyridine rings is 1. The number of benzene rings is 1. The van der Waals surface area contributed by atoms with E-state index in [1.165, 1.54) is 6.07 Å². The molecule has 2 aromatic heterocycles. The number of carbonyl (C=O) groups is 2. The SMILES string of the molecule is Cc1ccc2c(CC(=O)N3CC(=O)N(CC(C)C)CC(OCc4ccccn4)C3)cc(=O)oc2c1. The predicted octanol–water partition coefficient (Wildman–Crippen LogP) is 2.95. The van der Waals surface area contributed by atoms with Crippen LogP contribution in [0.3, 0.4) is 0 Å². The van der Waals surface area contributed by atoms with E-state index >= 15 is 0 Å². The van der Waals surface area contributed by atoms with Crippen LogP contribution in [0, 0.1) is 12.8 Å². The van der Waals surface area contributed by atoms with E-state index in [-0.39, 0.29) is 43.3 Å². The van der Waals surface area contributed by atoms with E-state index in [0.717, 1.165) is 11.3 Å². The van der Waals surface area contributed by atoms with Crippen LogP contribution in [0.4, 0.5) is 0 Å². The van der Waals surface area contributed by atoms with E-state index in [2.05, 4.69) is 18.8 Å². The Morgan fingerprint density at radius 1 is 1.17 bits per heavy atom. The van der Waals surface area contributed by atoms with Crippen molar-refractivity contribution < 1.29 is 18.7 Å². The van der Waals surface area contributed by atoms with E-state index in [4.69, 9.17) is 9.15 Å². The summed E-state index contributed by atoms with van der Waals surface area (Å²) in [5, 5.41) is 0.717. The van der Waals surface area contributed by atoms with Gasteiger partial charge in [-0.25, -0.2) is 4.79 Å². The van der Waals surface area contributed by atoms with Gasteiger partial charge >= 0.3 is 5.63 Å². The Balaban J connectivity index is 1.55. The van der Waals surface area contributed by atoms with Crippen LogP contribution in [-0.4, -0.2) is 58.9 Å². The molecule has 0 bridgehead atoms. The second-order valence-corrected chi connectivity index (χ2v) is 9.49. The lowest BCUT2D eigenvalue weighted by atomic mass is 10.0. The molecular weight excluding hydrogens is 446 g/mol. The highest BCUT2D eigenvalue weighted by Crippen LogP contribution is 2.20. The minimum Gasteiger partial charge on any atom is -0.423 e. The Hall–Kier alpha value is -3.52. The fourth-order valence-corrected chi connectivity index (χ4v) is 4.34. The topological polar surface area (TPSA) is 93.0 Å². The molecule has 1 aliphatic rings. The monoisotopic (exact) mass is 477 g/mol. The smallest absolute Gasteiger partial charge is 0.336 e. The van der Waals surface area contributed by atoms with Crippen molar-refractivity contribution in [3.63, 3.8) is 0 Å². The minimum absolute atomic E-state index is 0.00438. The zero-order chi connectivity index (χ0) is 24.9. The van der Waals surface area contributed by atoms with Gasteiger partial charge in [-0.05, 0) is 42.2 Å². The third-order valence-corrected chi connectivity index (χ3v) is 5.99. The summed E-state index contributed by atoms with van der Waals surface area (Å²) in [4.78, 5) is 46.2. The molecule has 0 N–H and O–H groups in total. The number of ether oxygens (including phenoxy) is 1. The van der Waals surface area contributed by atoms with Crippen LogP contribution in [0.25, 0.3) is 11.0 Å². The highest BCUT2D eigenvalue weighted by atomic mass is 16.5. The summed E-state index contributed by atoms with van der Waals surface area (Å²) < 4.78 is 11.4. The molecule has 4 rings (SSSR count). The van der Waals surface area contributed by atoms with Crippen LogP contribution in [0.5, 0.6) is 0 Å². The quantitative estimate of drug-likeness (QED) is 0.486. The van der Waals surface area contributed by atoms with E-state index in [1.54, 1.807) is 22.1 Å². The fourth-order valence-electron chi connectivity index (χ4n) is 4.34. The standard InChI is InChI=1S/C27H31N3O5/c1-18(2)13-29-14-22(34-17-21-6-4-5-9-28-21)15-30(16-26(29)32)25(31)11-20-12-27(33)35-24-10-19(3)7-8-23(20)24/h4-10,12,18,22H,11,13-17H2,1-3H3. The van der Waals surface area contributed by atoms with Crippen LogP contribution in [0.15, 0.2) is 57.9 Å². The zero-order valence-electron chi connectivity index (χ0n) is 20.4. The van der Waals surface area contributed by atoms with Crippen LogP contribution >= 0.6 is 0 Å². The molecule has 0 radical (unpaired) electrons. The van der Waals surface area contributed by atoms with Crippen molar-refractivity contribution in [3.8, 4) is 0 Å². The summed E-state index contributed by atoms with van der Waals surface area (Å²) in [5.41, 5.74) is 2.28. The predicted molar refractivity (Wildman–Crippen MR) is 132 cm³/mol. The van der Waals surface area contributed by atoms with Crippen molar-refractivity contribution in [2.75, 3.05) is 26.2 Å². The Labute approximate surface area is 204 Å². The van der Waals surface area contributed by atoms with Gasteiger partial charge in [0.15, 0.2) is 0 Å². The number of hydrogen-bond donors (Lipinski definition) is 0. The molecule has 1 saturated heterocycles. The molecule has 1 fully saturated rings. The molecular formula is C27H31N3O5. The molecule has 0 spiro atoms. The van der Waals surface area contributed by atoms with Gasteiger partial charge in [-0.2, -0.15) is 0 Å². The molecule has 0 aliphatic carbocycles. The number of rotatable bonds is 7. The van der Waals surface area contributed by atoms with E-state index in [0.29, 0.717) is 36.2 Å². The number of amides is 2. The zero-order valence-corrected chi connectivity index (χ0v) is 20.4. The van der Waals surface area contributed by atoms with E-state index in [9.17, 15) is 14.4 Å². The molecule has 8 nitrogen and oxygen atoms in total. The maximum atomic E-state index is 13.4. The minimum atomic E-state index is -0.502. The molecule has 1 aromatic carbocycles. The van der Waals surface area contributed by atoms with Gasteiger partial charge in [0.1, 0.15) is 5.58 Å². The lowest BCUT2D eigenvalue weighted by molar-refractivity contribution is -0.138. The fraction of sp³-hybridized carbons (Fsp3) is 0.407. The Kier molecular flexibility index (Phi) is 7.60. The molecule has 184 valence electrons. The van der Waals surface area contributed by atoms with Crippen LogP contribution in [0.1, 0.15) is 30.7 Å². The average Bonchev–Trinajstić information content (AvgIpc) is 2.96. The lowest BCUT2D eigenvalue weighted by Gasteiger charge is -2.26. The Morgan fingerprint density at radius 3 is 2.74 bits per heavy atom. The first-order valence-electron chi connectivity index (χ1n) is 11.9. The van der Waals surface area contributed by atoms with Crippen LogP contribution in [-0.2, 0) is 27.4 Å². The van der Waals surface area contributed by atoms with Gasteiger partial charge in [-0.3, -0.25) is 14.6 Å². The highest BCUT2D eigenvalue weighted by Gasteiger charge is 2.31. The maximum Gasteiger partial charge on any atom is 0.336 e. The van der Waals surface area contributed by atoms with Crippen LogP contribution in [0.2, 0.25) is 0 Å². The molecule has 1 aliphatic heterocycles. The van der Waals surface area contributed by atoms with Crippen molar-refractivity contribution in [1.29, 1.82) is 0 Å². The average molecular weight is 478 g/mol. The third-order valence-electron chi connectivity index (χ3n) is 5.99. The maximum absolute atomic E-state index is 13.4. The first-order valence-corrected chi connectivity index (χ1v) is 11.9. The summed E-state index contributed by atoms with van der Waals surface area (Å²) in [6.45, 7) is 7.57. The van der Waals surface area contributed by atoms with Gasteiger partial charge in [0.2, 0.25) is 11.8 Å². The van der Waals surface area contributed by atoms with Crippen molar-refractivity contribution in [2.45, 2.75) is 39.9 Å². The summed E-state index contributed by atoms with van der Waals surface area (Å²) in [7, 11) is 0. The van der Waals surface area contributed by atoms with E-state index in [1.807, 2.05) is 37.3 Å². The molecule has 35 heavy (non-hydrogen) atoms. The molecule has 3 heterocycles. The first-order chi connectivity index (χ1) is 16.8. The molecule has 2 amide bonds. The summed E-state index contributed by atoms with van der Waals surface area (Å²) in [5.74, 6) is -0.0521. The van der Waals surface area contributed by atoms with Gasteiger partial charge in [-0.15, -0.1) is 0 Å². The first kappa shape index (κ1) is 24.6. The molecule has 1 atom stereocenters. The summed E-state index contributed by atoms with van der Waals surface area (Å²) in [6.07, 6.45) is 1.35. The van der Waals surface area contributed by atoms with Gasteiger partial charge < -0.3 is 19.0 Å². The normalized spacial score (nSPS) is 16.7. The lowest BCUT2D eigenvalue weighted by Crippen LogP contribution is -2.41. The molecule has 1 unspecified atom stereocenters. The number of aryl methyl sites for hydroxylation is 1. The van der Waals surface area contributed by atoms with Crippen molar-refractivity contribution in [2.24, 2.45) is 5.92 Å². The van der Waals surface area contributed by atoms with Gasteiger partial charge in [0.25, 0.3) is 0 Å². The number of aromatic nitrogens is 1. The summed E-state index contributed by atoms with van der Waals surface area (Å²) in [6, 6.07) is 12.5. The third kappa shape index (κ3) is 6.33. The highest BCUT2D eigenvalue weighted by molar-refractivity contribution is 5.90. The number of carbonyl (C=O) groups excluding carboxylic acids is 2. The number of fused-ring (bicyclic) bond motifs is 1. The van der Waals surface area contributed by atoms with Gasteiger partial charge in [-0.1, -0.05) is 32.0 Å². The second-order valence-electron chi connectivity index (χ2n) is 9.49. The Bertz CT molecular complexity index is 1250. The Morgan fingerprint density at radius 2 is 2.00 bits per heavy atom. The van der Waals surface area contributed by atoms with Crippen LogP contribution < -0.4 is 5.63 Å². The summed E-state index contributed by atoms with van der Waals surface area (Å²) >= 11 is 0. The molecule has 0 saturated carbocycles. The second kappa shape index (κ2) is 10.8. The molecule has 3 aromatic rings. The number of nitrogens with zero attached hydrogens (tertiary/aromatic N) is 3. The van der Waals surface area contributed by atoms with Gasteiger partial charge in [0, 0.05) is 37.3 Å². The van der Waals surface area contributed by atoms with Crippen molar-refractivity contribution in [3.05, 3.63) is 75.9 Å². The number of hydrogen-bond acceptors (Lipinski definition) is 6. The van der Waals surface area contributed by atoms with Crippen molar-refractivity contribution in [1.82, 2.24) is 14.8 Å². The largest absolute Gasteiger partial charge is 0.423 e. The van der Waals surface area contributed by atoms with Crippen molar-refractivity contribution >= 4 is 22.8 Å². The molecule has 8 heteroatoms.